The summed E-state index contributed by atoms with van der Waals surface area (Å²) in [6.07, 6.45) is 13.1. The Kier molecular flexibility index (Phi) is 5.25. The van der Waals surface area contributed by atoms with E-state index in [4.69, 9.17) is 0 Å². The van der Waals surface area contributed by atoms with E-state index in [2.05, 4.69) is 52.1 Å². The first-order valence-electron chi connectivity index (χ1n) is 11.1. The van der Waals surface area contributed by atoms with Gasteiger partial charge in [-0.3, -0.25) is 0 Å². The molecule has 1 aromatic rings. The number of carbonyl (C=O) groups excluding carboxylic acids is 1. The van der Waals surface area contributed by atoms with E-state index in [-0.39, 0.29) is 30.1 Å². The van der Waals surface area contributed by atoms with Crippen molar-refractivity contribution in [1.82, 2.24) is 20.4 Å². The zero-order valence-electron chi connectivity index (χ0n) is 17.2. The number of fused-ring (bicyclic) bond motifs is 3. The van der Waals surface area contributed by atoms with Crippen LogP contribution in [-0.4, -0.2) is 52.8 Å². The van der Waals surface area contributed by atoms with Crippen LogP contribution < -0.4 is 10.6 Å². The summed E-state index contributed by atoms with van der Waals surface area (Å²) in [6, 6.07) is 8.83. The smallest absolute Gasteiger partial charge is 0.317 e. The number of likely N-dealkylation sites (tertiary alicyclic amines) is 1. The van der Waals surface area contributed by atoms with E-state index < -0.39 is 0 Å². The summed E-state index contributed by atoms with van der Waals surface area (Å²) in [4.78, 5) is 16.8. The topological polar surface area (TPSA) is 67.8 Å². The van der Waals surface area contributed by atoms with Crippen molar-refractivity contribution >= 4 is 11.7 Å². The van der Waals surface area contributed by atoms with Gasteiger partial charge >= 0.3 is 6.03 Å². The maximum atomic E-state index is 12.6. The fraction of sp³-hybridized carbons (Fsp3) is 0.458. The van der Waals surface area contributed by atoms with Gasteiger partial charge in [0.15, 0.2) is 0 Å². The first kappa shape index (κ1) is 19.2. The number of hydrogen-bond acceptors (Lipinski definition) is 4. The van der Waals surface area contributed by atoms with Crippen LogP contribution in [0.5, 0.6) is 0 Å². The van der Waals surface area contributed by atoms with Gasteiger partial charge in [-0.05, 0) is 37.2 Å². The van der Waals surface area contributed by atoms with Crippen molar-refractivity contribution in [1.29, 1.82) is 0 Å². The number of rotatable bonds is 4. The van der Waals surface area contributed by atoms with Crippen LogP contribution in [0.4, 0.5) is 4.79 Å². The number of nitrogens with zero attached hydrogens (tertiary/aromatic N) is 2. The third-order valence-electron chi connectivity index (χ3n) is 6.91. The van der Waals surface area contributed by atoms with E-state index in [9.17, 15) is 9.90 Å². The van der Waals surface area contributed by atoms with Gasteiger partial charge in [-0.1, -0.05) is 48.6 Å². The molecule has 1 fully saturated rings. The minimum atomic E-state index is -0.361. The van der Waals surface area contributed by atoms with Crippen LogP contribution in [0.2, 0.25) is 0 Å². The first-order chi connectivity index (χ1) is 14.7. The van der Waals surface area contributed by atoms with Crippen molar-refractivity contribution in [2.75, 3.05) is 19.8 Å². The molecule has 6 nitrogen and oxygen atoms in total. The van der Waals surface area contributed by atoms with Crippen molar-refractivity contribution in [3.63, 3.8) is 0 Å². The average Bonchev–Trinajstić information content (AvgIpc) is 3.37. The molecule has 6 heteroatoms. The van der Waals surface area contributed by atoms with Crippen LogP contribution in [0.3, 0.4) is 0 Å². The van der Waals surface area contributed by atoms with Crippen LogP contribution in [0, 0.1) is 5.92 Å². The Morgan fingerprint density at radius 2 is 2.07 bits per heavy atom. The molecule has 30 heavy (non-hydrogen) atoms. The number of aliphatic hydroxyl groups is 1. The molecule has 3 N–H and O–H groups in total. The normalized spacial score (nSPS) is 26.1. The van der Waals surface area contributed by atoms with E-state index in [1.54, 1.807) is 0 Å². The molecule has 158 valence electrons. The molecule has 1 aliphatic carbocycles. The third-order valence-corrected chi connectivity index (χ3v) is 6.91. The van der Waals surface area contributed by atoms with Gasteiger partial charge in [0, 0.05) is 24.9 Å². The molecular weight excluding hydrogens is 376 g/mol. The van der Waals surface area contributed by atoms with Gasteiger partial charge in [-0.25, -0.2) is 4.79 Å². The van der Waals surface area contributed by atoms with Gasteiger partial charge in [-0.2, -0.15) is 0 Å². The second-order valence-corrected chi connectivity index (χ2v) is 8.70. The Balaban J connectivity index is 1.16. The standard InChI is InChI=1S/C24H30N4O2/c29-23(14-21-19-8-4-5-9-20(19)22-15-25-16-28(21)22)17-10-12-27(13-11-17)24(30)26-18-6-2-1-3-7-18/h1-6,8-9,15,17-18,21,23,25,29H,7,10-14,16H2,(H,26,30)/t18?,21-,23+/m1/s1. The Morgan fingerprint density at radius 1 is 1.23 bits per heavy atom. The van der Waals surface area contributed by atoms with Crippen molar-refractivity contribution < 1.29 is 9.90 Å². The number of benzene rings is 1. The van der Waals surface area contributed by atoms with Gasteiger partial charge in [0.05, 0.1) is 30.6 Å². The molecule has 0 aromatic heterocycles. The molecule has 3 aliphatic heterocycles. The largest absolute Gasteiger partial charge is 0.393 e. The molecule has 4 aliphatic rings. The number of piperidine rings is 1. The van der Waals surface area contributed by atoms with Crippen LogP contribution in [0.25, 0.3) is 5.70 Å². The van der Waals surface area contributed by atoms with Gasteiger partial charge in [0.25, 0.3) is 0 Å². The molecule has 5 rings (SSSR count). The van der Waals surface area contributed by atoms with E-state index in [1.165, 1.54) is 16.8 Å². The van der Waals surface area contributed by atoms with Crippen molar-refractivity contribution in [3.8, 4) is 0 Å². The molecule has 3 atom stereocenters. The van der Waals surface area contributed by atoms with Gasteiger partial charge < -0.3 is 25.5 Å². The number of allylic oxidation sites excluding steroid dienone is 2. The molecule has 2 amide bonds. The molecule has 1 saturated heterocycles. The highest BCUT2D eigenvalue weighted by atomic mass is 16.3. The lowest BCUT2D eigenvalue weighted by molar-refractivity contribution is 0.0445. The van der Waals surface area contributed by atoms with Crippen LogP contribution in [0.1, 0.15) is 42.9 Å². The molecule has 0 radical (unpaired) electrons. The fourth-order valence-electron chi connectivity index (χ4n) is 5.21. The zero-order chi connectivity index (χ0) is 20.5. The van der Waals surface area contributed by atoms with Crippen LogP contribution in [0.15, 0.2) is 54.8 Å². The third kappa shape index (κ3) is 3.60. The second-order valence-electron chi connectivity index (χ2n) is 8.70. The van der Waals surface area contributed by atoms with E-state index in [0.717, 1.165) is 32.4 Å². The number of hydrogen-bond donors (Lipinski definition) is 3. The highest BCUT2D eigenvalue weighted by Crippen LogP contribution is 2.45. The molecule has 0 spiro atoms. The summed E-state index contributed by atoms with van der Waals surface area (Å²) in [5.41, 5.74) is 3.83. The summed E-state index contributed by atoms with van der Waals surface area (Å²) in [5.74, 6) is 0.238. The summed E-state index contributed by atoms with van der Waals surface area (Å²) in [7, 11) is 0. The van der Waals surface area contributed by atoms with Crippen LogP contribution in [-0.2, 0) is 0 Å². The maximum absolute atomic E-state index is 12.6. The number of nitrogens with one attached hydrogen (secondary N) is 2. The number of aliphatic hydroxyl groups excluding tert-OH is 1. The number of carbonyl (C=O) groups is 1. The average molecular weight is 407 g/mol. The van der Waals surface area contributed by atoms with E-state index in [1.807, 2.05) is 23.1 Å². The summed E-state index contributed by atoms with van der Waals surface area (Å²) >= 11 is 0. The zero-order valence-corrected chi connectivity index (χ0v) is 17.2. The quantitative estimate of drug-likeness (QED) is 0.719. The first-order valence-corrected chi connectivity index (χ1v) is 11.1. The molecule has 1 unspecified atom stereocenters. The van der Waals surface area contributed by atoms with Crippen molar-refractivity contribution in [2.24, 2.45) is 5.92 Å². The SMILES string of the molecule is O=C(NC1C=CC=CC1)N1CCC([C@@H](O)C[C@@H]2c3ccccc3C3=CNCN32)CC1. The minimum absolute atomic E-state index is 0.00975. The number of amides is 2. The Labute approximate surface area is 177 Å². The lowest BCUT2D eigenvalue weighted by Gasteiger charge is -2.36. The molecule has 0 bridgehead atoms. The highest BCUT2D eigenvalue weighted by Gasteiger charge is 2.38. The maximum Gasteiger partial charge on any atom is 0.317 e. The second kappa shape index (κ2) is 8.19. The lowest BCUT2D eigenvalue weighted by atomic mass is 9.86. The van der Waals surface area contributed by atoms with E-state index >= 15 is 0 Å². The van der Waals surface area contributed by atoms with Crippen molar-refractivity contribution in [3.05, 3.63) is 65.9 Å². The highest BCUT2D eigenvalue weighted by molar-refractivity contribution is 5.75. The summed E-state index contributed by atoms with van der Waals surface area (Å²) in [6.45, 7) is 2.21. The molecule has 3 heterocycles. The molecule has 1 aromatic carbocycles. The predicted octanol–water partition coefficient (Wildman–Crippen LogP) is 2.96. The monoisotopic (exact) mass is 406 g/mol. The molecule has 0 saturated carbocycles. The van der Waals surface area contributed by atoms with Gasteiger partial charge in [0.1, 0.15) is 0 Å². The van der Waals surface area contributed by atoms with E-state index in [0.29, 0.717) is 13.1 Å². The Bertz CT molecular complexity index is 885. The van der Waals surface area contributed by atoms with Gasteiger partial charge in [0.2, 0.25) is 0 Å². The minimum Gasteiger partial charge on any atom is -0.393 e. The summed E-state index contributed by atoms with van der Waals surface area (Å²) in [5, 5.41) is 17.5. The Morgan fingerprint density at radius 3 is 2.87 bits per heavy atom. The van der Waals surface area contributed by atoms with Crippen LogP contribution >= 0.6 is 0 Å². The molecular formula is C24H30N4O2. The predicted molar refractivity (Wildman–Crippen MR) is 117 cm³/mol. The van der Waals surface area contributed by atoms with Crippen molar-refractivity contribution in [2.45, 2.75) is 43.9 Å². The number of urea groups is 1. The summed E-state index contributed by atoms with van der Waals surface area (Å²) < 4.78 is 0. The lowest BCUT2D eigenvalue weighted by Crippen LogP contribution is -2.48. The van der Waals surface area contributed by atoms with Gasteiger partial charge in [-0.15, -0.1) is 0 Å². The fourth-order valence-corrected chi connectivity index (χ4v) is 5.21. The Hall–Kier alpha value is -2.73.